The second-order valence-corrected chi connectivity index (χ2v) is 6.77. The molecule has 146 valence electrons. The summed E-state index contributed by atoms with van der Waals surface area (Å²) in [6.07, 6.45) is 0. The number of carbonyl (C=O) groups excluding carboxylic acids is 1. The summed E-state index contributed by atoms with van der Waals surface area (Å²) in [4.78, 5) is 12.8. The highest BCUT2D eigenvalue weighted by molar-refractivity contribution is 7.99. The lowest BCUT2D eigenvalue weighted by Crippen LogP contribution is -2.07. The van der Waals surface area contributed by atoms with Gasteiger partial charge in [-0.05, 0) is 53.2 Å². The number of thioether (sulfide) groups is 1. The Bertz CT molecular complexity index is 990. The Labute approximate surface area is 166 Å². The number of ether oxygens (including phenoxy) is 3. The number of methoxy groups -OCH3 is 3. The lowest BCUT2D eigenvalue weighted by molar-refractivity contribution is 0.101. The van der Waals surface area contributed by atoms with Crippen LogP contribution in [0, 0.1) is 6.92 Å². The molecule has 0 saturated heterocycles. The maximum absolute atomic E-state index is 12.8. The van der Waals surface area contributed by atoms with Crippen molar-refractivity contribution in [3.8, 4) is 22.9 Å². The maximum atomic E-state index is 12.8. The summed E-state index contributed by atoms with van der Waals surface area (Å²) in [6.45, 7) is 1.97. The summed E-state index contributed by atoms with van der Waals surface area (Å²) in [7, 11) is 4.66. The van der Waals surface area contributed by atoms with Gasteiger partial charge in [-0.2, -0.15) is 4.68 Å². The zero-order chi connectivity index (χ0) is 20.1. The van der Waals surface area contributed by atoms with E-state index in [2.05, 4.69) is 15.5 Å². The summed E-state index contributed by atoms with van der Waals surface area (Å²) in [6, 6.07) is 10.8. The maximum Gasteiger partial charge on any atom is 0.214 e. The minimum absolute atomic E-state index is 0.119. The highest BCUT2D eigenvalue weighted by Crippen LogP contribution is 2.29. The third kappa shape index (κ3) is 4.09. The minimum Gasteiger partial charge on any atom is -0.497 e. The second kappa shape index (κ2) is 8.75. The Balaban J connectivity index is 1.83. The number of carbonyl (C=O) groups is 1. The van der Waals surface area contributed by atoms with E-state index in [1.54, 1.807) is 37.1 Å². The summed E-state index contributed by atoms with van der Waals surface area (Å²) in [5, 5.41) is 12.3. The summed E-state index contributed by atoms with van der Waals surface area (Å²) in [5.74, 6) is 1.74. The highest BCUT2D eigenvalue weighted by atomic mass is 32.2. The fourth-order valence-electron chi connectivity index (χ4n) is 2.63. The van der Waals surface area contributed by atoms with Gasteiger partial charge in [-0.1, -0.05) is 17.8 Å². The van der Waals surface area contributed by atoms with Crippen molar-refractivity contribution in [1.82, 2.24) is 20.2 Å². The van der Waals surface area contributed by atoms with Gasteiger partial charge in [0.05, 0.1) is 32.6 Å². The Morgan fingerprint density at radius 1 is 1.04 bits per heavy atom. The van der Waals surface area contributed by atoms with Gasteiger partial charge in [0.1, 0.15) is 22.9 Å². The number of tetrazole rings is 1. The number of Topliss-reactive ketones (excluding diaryl/α,β-unsaturated/α-hetero) is 1. The molecule has 8 nitrogen and oxygen atoms in total. The summed E-state index contributed by atoms with van der Waals surface area (Å²) >= 11 is 1.23. The molecular weight excluding hydrogens is 380 g/mol. The molecule has 0 aliphatic rings. The average molecular weight is 400 g/mol. The van der Waals surface area contributed by atoms with Crippen LogP contribution in [0.2, 0.25) is 0 Å². The lowest BCUT2D eigenvalue weighted by Gasteiger charge is -2.11. The molecule has 0 unspecified atom stereocenters. The van der Waals surface area contributed by atoms with Gasteiger partial charge in [-0.15, -0.1) is 5.10 Å². The average Bonchev–Trinajstić information content (AvgIpc) is 3.19. The van der Waals surface area contributed by atoms with Crippen LogP contribution in [-0.4, -0.2) is 53.1 Å². The fourth-order valence-corrected chi connectivity index (χ4v) is 3.39. The van der Waals surface area contributed by atoms with Crippen LogP contribution in [0.1, 0.15) is 15.9 Å². The van der Waals surface area contributed by atoms with Crippen LogP contribution in [0.15, 0.2) is 41.6 Å². The van der Waals surface area contributed by atoms with Gasteiger partial charge in [0.15, 0.2) is 5.78 Å². The molecule has 2 aromatic carbocycles. The largest absolute Gasteiger partial charge is 0.497 e. The quantitative estimate of drug-likeness (QED) is 0.421. The molecule has 0 aliphatic carbocycles. The number of aromatic nitrogens is 4. The van der Waals surface area contributed by atoms with E-state index in [0.717, 1.165) is 5.56 Å². The second-order valence-electron chi connectivity index (χ2n) is 5.83. The van der Waals surface area contributed by atoms with Crippen LogP contribution in [-0.2, 0) is 0 Å². The van der Waals surface area contributed by atoms with Gasteiger partial charge >= 0.3 is 0 Å². The highest BCUT2D eigenvalue weighted by Gasteiger charge is 2.18. The van der Waals surface area contributed by atoms with Gasteiger partial charge in [0, 0.05) is 0 Å². The number of hydrogen-bond acceptors (Lipinski definition) is 8. The number of benzene rings is 2. The number of nitrogens with zero attached hydrogens (tertiary/aromatic N) is 4. The normalized spacial score (nSPS) is 10.6. The van der Waals surface area contributed by atoms with Gasteiger partial charge in [0.2, 0.25) is 5.16 Å². The van der Waals surface area contributed by atoms with Crippen molar-refractivity contribution in [2.24, 2.45) is 0 Å². The first kappa shape index (κ1) is 19.7. The van der Waals surface area contributed by atoms with E-state index in [1.807, 2.05) is 25.1 Å². The van der Waals surface area contributed by atoms with Gasteiger partial charge in [-0.25, -0.2) is 0 Å². The molecule has 0 aliphatic heterocycles. The first-order chi connectivity index (χ1) is 13.6. The third-order valence-corrected chi connectivity index (χ3v) is 4.96. The van der Waals surface area contributed by atoms with Crippen molar-refractivity contribution >= 4 is 17.5 Å². The van der Waals surface area contributed by atoms with Crippen LogP contribution in [0.5, 0.6) is 17.2 Å². The van der Waals surface area contributed by atoms with Crippen molar-refractivity contribution < 1.29 is 19.0 Å². The first-order valence-corrected chi connectivity index (χ1v) is 9.37. The predicted octanol–water partition coefficient (Wildman–Crippen LogP) is 2.97. The molecule has 0 radical (unpaired) electrons. The molecule has 3 rings (SSSR count). The van der Waals surface area contributed by atoms with Crippen LogP contribution in [0.25, 0.3) is 5.69 Å². The van der Waals surface area contributed by atoms with E-state index in [-0.39, 0.29) is 11.5 Å². The van der Waals surface area contributed by atoms with E-state index in [0.29, 0.717) is 33.7 Å². The third-order valence-electron chi connectivity index (χ3n) is 4.04. The van der Waals surface area contributed by atoms with E-state index < -0.39 is 0 Å². The molecule has 0 N–H and O–H groups in total. The fraction of sp³-hybridized carbons (Fsp3) is 0.263. The van der Waals surface area contributed by atoms with E-state index >= 15 is 0 Å². The van der Waals surface area contributed by atoms with E-state index in [1.165, 1.54) is 18.9 Å². The van der Waals surface area contributed by atoms with Crippen molar-refractivity contribution in [3.63, 3.8) is 0 Å². The van der Waals surface area contributed by atoms with E-state index in [4.69, 9.17) is 14.2 Å². The zero-order valence-electron chi connectivity index (χ0n) is 16.0. The predicted molar refractivity (Wildman–Crippen MR) is 105 cm³/mol. The standard InChI is InChI=1S/C19H20N4O4S/c1-12-5-7-18(27-4)15(9-12)23-19(20-21-22-23)28-11-16(24)14-10-13(25-2)6-8-17(14)26-3/h5-10H,11H2,1-4H3. The molecule has 1 aromatic heterocycles. The topological polar surface area (TPSA) is 88.4 Å². The molecule has 0 fully saturated rings. The molecule has 0 atom stereocenters. The molecule has 0 saturated carbocycles. The van der Waals surface area contributed by atoms with E-state index in [9.17, 15) is 4.79 Å². The van der Waals surface area contributed by atoms with Crippen LogP contribution < -0.4 is 14.2 Å². The Kier molecular flexibility index (Phi) is 6.15. The van der Waals surface area contributed by atoms with Crippen molar-refractivity contribution in [3.05, 3.63) is 47.5 Å². The summed E-state index contributed by atoms with van der Waals surface area (Å²) < 4.78 is 17.5. The van der Waals surface area contributed by atoms with Gasteiger partial charge in [-0.3, -0.25) is 4.79 Å². The Morgan fingerprint density at radius 3 is 2.50 bits per heavy atom. The number of ketones is 1. The smallest absolute Gasteiger partial charge is 0.214 e. The van der Waals surface area contributed by atoms with Crippen molar-refractivity contribution in [2.45, 2.75) is 12.1 Å². The molecule has 0 spiro atoms. The van der Waals surface area contributed by atoms with Crippen LogP contribution in [0.3, 0.4) is 0 Å². The Morgan fingerprint density at radius 2 is 1.79 bits per heavy atom. The molecule has 1 heterocycles. The summed E-state index contributed by atoms with van der Waals surface area (Å²) in [5.41, 5.74) is 2.20. The minimum atomic E-state index is -0.119. The monoisotopic (exact) mass is 400 g/mol. The molecule has 28 heavy (non-hydrogen) atoms. The van der Waals surface area contributed by atoms with Gasteiger partial charge < -0.3 is 14.2 Å². The molecule has 0 bridgehead atoms. The zero-order valence-corrected chi connectivity index (χ0v) is 16.8. The van der Waals surface area contributed by atoms with Crippen molar-refractivity contribution in [2.75, 3.05) is 27.1 Å². The SMILES string of the molecule is COc1ccc(OC)c(C(=O)CSc2nnnn2-c2cc(C)ccc2OC)c1. The number of rotatable bonds is 8. The Hall–Kier alpha value is -3.07. The molecule has 3 aromatic rings. The van der Waals surface area contributed by atoms with Crippen molar-refractivity contribution in [1.29, 1.82) is 0 Å². The molecule has 0 amide bonds. The molecular formula is C19H20N4O4S. The number of hydrogen-bond donors (Lipinski definition) is 0. The van der Waals surface area contributed by atoms with Crippen LogP contribution >= 0.6 is 11.8 Å². The number of aryl methyl sites for hydroxylation is 1. The molecule has 9 heteroatoms. The first-order valence-electron chi connectivity index (χ1n) is 8.38. The van der Waals surface area contributed by atoms with Gasteiger partial charge in [0.25, 0.3) is 0 Å². The van der Waals surface area contributed by atoms with Crippen LogP contribution in [0.4, 0.5) is 0 Å². The lowest BCUT2D eigenvalue weighted by atomic mass is 10.1.